The molecule has 2 heteroatoms. The first-order chi connectivity index (χ1) is 7.22. The lowest BCUT2D eigenvalue weighted by Gasteiger charge is -2.17. The van der Waals surface area contributed by atoms with Crippen LogP contribution in [0.5, 0.6) is 0 Å². The summed E-state index contributed by atoms with van der Waals surface area (Å²) in [6, 6.07) is 0. The van der Waals surface area contributed by atoms with Crippen LogP contribution in [0.25, 0.3) is 0 Å². The molecule has 1 nitrogen and oxygen atoms in total. The van der Waals surface area contributed by atoms with Gasteiger partial charge in [0.1, 0.15) is 0 Å². The molecule has 1 saturated heterocycles. The SMILES string of the molecule is CC(C)CC(CCl)CCCC1CCCO1. The number of halogens is 1. The molecule has 0 aliphatic carbocycles. The summed E-state index contributed by atoms with van der Waals surface area (Å²) in [5.74, 6) is 2.31. The lowest BCUT2D eigenvalue weighted by Crippen LogP contribution is -2.09. The Morgan fingerprint density at radius 3 is 2.73 bits per heavy atom. The molecule has 0 radical (unpaired) electrons. The van der Waals surface area contributed by atoms with Gasteiger partial charge in [-0.1, -0.05) is 20.3 Å². The van der Waals surface area contributed by atoms with Gasteiger partial charge in [-0.05, 0) is 43.9 Å². The summed E-state index contributed by atoms with van der Waals surface area (Å²) < 4.78 is 5.62. The van der Waals surface area contributed by atoms with Crippen molar-refractivity contribution in [1.29, 1.82) is 0 Å². The van der Waals surface area contributed by atoms with Gasteiger partial charge in [-0.3, -0.25) is 0 Å². The van der Waals surface area contributed by atoms with Gasteiger partial charge in [0.2, 0.25) is 0 Å². The second-order valence-corrected chi connectivity index (χ2v) is 5.52. The summed E-state index contributed by atoms with van der Waals surface area (Å²) in [5, 5.41) is 0. The second-order valence-electron chi connectivity index (χ2n) is 5.22. The van der Waals surface area contributed by atoms with E-state index >= 15 is 0 Å². The Balaban J connectivity index is 2.05. The van der Waals surface area contributed by atoms with Crippen LogP contribution >= 0.6 is 11.6 Å². The standard InChI is InChI=1S/C13H25ClO/c1-11(2)9-12(10-14)5-3-6-13-7-4-8-15-13/h11-13H,3-10H2,1-2H3. The number of hydrogen-bond acceptors (Lipinski definition) is 1. The molecule has 1 fully saturated rings. The van der Waals surface area contributed by atoms with Gasteiger partial charge in [0.15, 0.2) is 0 Å². The quantitative estimate of drug-likeness (QED) is 0.597. The molecule has 0 amide bonds. The Morgan fingerprint density at radius 2 is 2.20 bits per heavy atom. The lowest BCUT2D eigenvalue weighted by atomic mass is 9.93. The zero-order valence-electron chi connectivity index (χ0n) is 10.2. The number of alkyl halides is 1. The van der Waals surface area contributed by atoms with Gasteiger partial charge in [-0.2, -0.15) is 0 Å². The maximum Gasteiger partial charge on any atom is 0.0576 e. The third-order valence-corrected chi connectivity index (χ3v) is 3.62. The zero-order chi connectivity index (χ0) is 11.1. The molecule has 0 aromatic rings. The Hall–Kier alpha value is 0.250. The van der Waals surface area contributed by atoms with Crippen LogP contribution < -0.4 is 0 Å². The second kappa shape index (κ2) is 7.51. The van der Waals surface area contributed by atoms with Crippen molar-refractivity contribution in [3.05, 3.63) is 0 Å². The highest BCUT2D eigenvalue weighted by atomic mass is 35.5. The molecule has 0 aromatic heterocycles. The van der Waals surface area contributed by atoms with Gasteiger partial charge in [-0.15, -0.1) is 11.6 Å². The number of ether oxygens (including phenoxy) is 1. The first-order valence-electron chi connectivity index (χ1n) is 6.40. The molecular weight excluding hydrogens is 208 g/mol. The minimum Gasteiger partial charge on any atom is -0.378 e. The lowest BCUT2D eigenvalue weighted by molar-refractivity contribution is 0.101. The molecule has 2 atom stereocenters. The largest absolute Gasteiger partial charge is 0.378 e. The van der Waals surface area contributed by atoms with Crippen LogP contribution in [0.15, 0.2) is 0 Å². The van der Waals surface area contributed by atoms with Gasteiger partial charge in [-0.25, -0.2) is 0 Å². The van der Waals surface area contributed by atoms with E-state index < -0.39 is 0 Å². The molecule has 15 heavy (non-hydrogen) atoms. The molecule has 0 spiro atoms. The average molecular weight is 233 g/mol. The molecule has 90 valence electrons. The van der Waals surface area contributed by atoms with Crippen LogP contribution in [0.1, 0.15) is 52.4 Å². The van der Waals surface area contributed by atoms with Gasteiger partial charge in [0.25, 0.3) is 0 Å². The van der Waals surface area contributed by atoms with Crippen molar-refractivity contribution in [2.75, 3.05) is 12.5 Å². The molecule has 0 N–H and O–H groups in total. The Kier molecular flexibility index (Phi) is 6.67. The molecule has 1 heterocycles. The summed E-state index contributed by atoms with van der Waals surface area (Å²) >= 11 is 5.98. The molecule has 0 saturated carbocycles. The maximum atomic E-state index is 5.98. The summed E-state index contributed by atoms with van der Waals surface area (Å²) in [6.45, 7) is 5.54. The van der Waals surface area contributed by atoms with E-state index in [1.54, 1.807) is 0 Å². The van der Waals surface area contributed by atoms with Crippen LogP contribution in [0, 0.1) is 11.8 Å². The molecule has 0 aromatic carbocycles. The van der Waals surface area contributed by atoms with Crippen molar-refractivity contribution in [3.63, 3.8) is 0 Å². The fourth-order valence-corrected chi connectivity index (χ4v) is 2.71. The molecule has 1 aliphatic heterocycles. The van der Waals surface area contributed by atoms with E-state index in [2.05, 4.69) is 13.8 Å². The highest BCUT2D eigenvalue weighted by molar-refractivity contribution is 6.18. The van der Waals surface area contributed by atoms with Gasteiger partial charge in [0, 0.05) is 12.5 Å². The summed E-state index contributed by atoms with van der Waals surface area (Å²) in [7, 11) is 0. The number of rotatable bonds is 7. The van der Waals surface area contributed by atoms with Gasteiger partial charge in [0.05, 0.1) is 6.10 Å². The van der Waals surface area contributed by atoms with E-state index in [9.17, 15) is 0 Å². The predicted molar refractivity (Wildman–Crippen MR) is 66.5 cm³/mol. The van der Waals surface area contributed by atoms with Gasteiger partial charge >= 0.3 is 0 Å². The van der Waals surface area contributed by atoms with Crippen LogP contribution in [0.2, 0.25) is 0 Å². The van der Waals surface area contributed by atoms with Crippen LogP contribution in [-0.2, 0) is 4.74 Å². The normalized spacial score (nSPS) is 23.6. The predicted octanol–water partition coefficient (Wildman–Crippen LogP) is 4.24. The van der Waals surface area contributed by atoms with Crippen molar-refractivity contribution < 1.29 is 4.74 Å². The maximum absolute atomic E-state index is 5.98. The highest BCUT2D eigenvalue weighted by Gasteiger charge is 2.16. The molecular formula is C13H25ClO. The van der Waals surface area contributed by atoms with Crippen LogP contribution in [-0.4, -0.2) is 18.6 Å². The smallest absolute Gasteiger partial charge is 0.0576 e. The molecule has 1 aliphatic rings. The van der Waals surface area contributed by atoms with Gasteiger partial charge < -0.3 is 4.74 Å². The Labute approximate surface area is 99.5 Å². The van der Waals surface area contributed by atoms with E-state index in [0.717, 1.165) is 18.4 Å². The van der Waals surface area contributed by atoms with E-state index in [-0.39, 0.29) is 0 Å². The zero-order valence-corrected chi connectivity index (χ0v) is 10.9. The van der Waals surface area contributed by atoms with E-state index in [4.69, 9.17) is 16.3 Å². The van der Waals surface area contributed by atoms with Crippen molar-refractivity contribution in [2.45, 2.75) is 58.5 Å². The van der Waals surface area contributed by atoms with Crippen molar-refractivity contribution in [1.82, 2.24) is 0 Å². The third-order valence-electron chi connectivity index (χ3n) is 3.19. The fourth-order valence-electron chi connectivity index (χ4n) is 2.43. The van der Waals surface area contributed by atoms with E-state index in [1.165, 1.54) is 38.5 Å². The number of hydrogen-bond donors (Lipinski definition) is 0. The fraction of sp³-hybridized carbons (Fsp3) is 1.00. The summed E-state index contributed by atoms with van der Waals surface area (Å²) in [6.07, 6.45) is 8.17. The molecule has 0 bridgehead atoms. The van der Waals surface area contributed by atoms with E-state index in [0.29, 0.717) is 12.0 Å². The van der Waals surface area contributed by atoms with Crippen LogP contribution in [0.4, 0.5) is 0 Å². The minimum atomic E-state index is 0.556. The topological polar surface area (TPSA) is 9.23 Å². The summed E-state index contributed by atoms with van der Waals surface area (Å²) in [5.41, 5.74) is 0. The Bertz CT molecular complexity index is 153. The third kappa shape index (κ3) is 5.77. The van der Waals surface area contributed by atoms with Crippen LogP contribution in [0.3, 0.4) is 0 Å². The van der Waals surface area contributed by atoms with E-state index in [1.807, 2.05) is 0 Å². The van der Waals surface area contributed by atoms with Crippen molar-refractivity contribution >= 4 is 11.6 Å². The van der Waals surface area contributed by atoms with Crippen molar-refractivity contribution in [2.24, 2.45) is 11.8 Å². The molecule has 1 rings (SSSR count). The Morgan fingerprint density at radius 1 is 1.40 bits per heavy atom. The minimum absolute atomic E-state index is 0.556. The first-order valence-corrected chi connectivity index (χ1v) is 6.93. The average Bonchev–Trinajstić information content (AvgIpc) is 2.68. The molecule has 2 unspecified atom stereocenters. The van der Waals surface area contributed by atoms with Crippen molar-refractivity contribution in [3.8, 4) is 0 Å². The highest BCUT2D eigenvalue weighted by Crippen LogP contribution is 2.23. The monoisotopic (exact) mass is 232 g/mol. The first kappa shape index (κ1) is 13.3. The summed E-state index contributed by atoms with van der Waals surface area (Å²) in [4.78, 5) is 0.